The predicted molar refractivity (Wildman–Crippen MR) is 125 cm³/mol. The number of hydrogen-bond donors (Lipinski definition) is 2. The lowest BCUT2D eigenvalue weighted by Crippen LogP contribution is -2.19. The Hall–Kier alpha value is -3.62. The second-order valence-electron chi connectivity index (χ2n) is 6.61. The van der Waals surface area contributed by atoms with Crippen molar-refractivity contribution in [3.05, 3.63) is 88.9 Å². The minimum Gasteiger partial charge on any atom is -0.423 e. The Balaban J connectivity index is 1.25. The molecule has 4 rings (SSSR count). The van der Waals surface area contributed by atoms with Crippen molar-refractivity contribution >= 4 is 52.5 Å². The number of carbonyl (C=O) groups excluding carboxylic acids is 2. The van der Waals surface area contributed by atoms with Crippen LogP contribution in [0.5, 0.6) is 5.75 Å². The Kier molecular flexibility index (Phi) is 6.84. The van der Waals surface area contributed by atoms with Crippen LogP contribution in [0, 0.1) is 0 Å². The van der Waals surface area contributed by atoms with E-state index in [2.05, 4.69) is 20.5 Å². The number of aromatic nitrogens is 2. The molecule has 0 spiro atoms. The molecule has 0 fully saturated rings. The summed E-state index contributed by atoms with van der Waals surface area (Å²) in [6.45, 7) is 0. The van der Waals surface area contributed by atoms with Gasteiger partial charge in [0.2, 0.25) is 0 Å². The Morgan fingerprint density at radius 2 is 1.91 bits per heavy atom. The van der Waals surface area contributed by atoms with Crippen LogP contribution >= 0.6 is 23.4 Å². The van der Waals surface area contributed by atoms with Crippen molar-refractivity contribution in [3.63, 3.8) is 0 Å². The smallest absolute Gasteiger partial charge is 0.343 e. The SMILES string of the molecule is O=C(CSc1nc2ccccc2[nH]1)N/N=C\c1ccc(OC(=O)c2cccc(Cl)c2)cc1. The van der Waals surface area contributed by atoms with Gasteiger partial charge in [-0.15, -0.1) is 0 Å². The summed E-state index contributed by atoms with van der Waals surface area (Å²) in [7, 11) is 0. The normalized spacial score (nSPS) is 11.0. The van der Waals surface area contributed by atoms with E-state index in [0.29, 0.717) is 21.5 Å². The molecule has 0 radical (unpaired) electrons. The summed E-state index contributed by atoms with van der Waals surface area (Å²) in [6.07, 6.45) is 1.51. The monoisotopic (exact) mass is 464 g/mol. The summed E-state index contributed by atoms with van der Waals surface area (Å²) in [6, 6.07) is 20.9. The molecule has 4 aromatic rings. The number of halogens is 1. The molecule has 0 aliphatic heterocycles. The standard InChI is InChI=1S/C23H17ClN4O3S/c24-17-5-3-4-16(12-17)22(30)31-18-10-8-15(9-11-18)13-25-28-21(29)14-32-23-26-19-6-1-2-7-20(19)27-23/h1-13H,14H2,(H,26,27)(H,28,29)/b25-13-. The molecule has 0 bridgehead atoms. The van der Waals surface area contributed by atoms with Crippen LogP contribution in [0.2, 0.25) is 5.02 Å². The molecule has 32 heavy (non-hydrogen) atoms. The number of H-pyrrole nitrogens is 1. The molecule has 1 aromatic heterocycles. The second-order valence-corrected chi connectivity index (χ2v) is 8.01. The van der Waals surface area contributed by atoms with Crippen LogP contribution < -0.4 is 10.2 Å². The van der Waals surface area contributed by atoms with Gasteiger partial charge in [0.15, 0.2) is 5.16 Å². The van der Waals surface area contributed by atoms with Crippen molar-refractivity contribution in [3.8, 4) is 5.75 Å². The van der Waals surface area contributed by atoms with E-state index in [4.69, 9.17) is 16.3 Å². The Labute approximate surface area is 192 Å². The molecular weight excluding hydrogens is 448 g/mol. The number of hydrogen-bond acceptors (Lipinski definition) is 6. The molecule has 9 heteroatoms. The summed E-state index contributed by atoms with van der Waals surface area (Å²) in [5.74, 6) is -0.185. The molecule has 2 N–H and O–H groups in total. The van der Waals surface area contributed by atoms with E-state index in [1.165, 1.54) is 18.0 Å². The number of carbonyl (C=O) groups is 2. The van der Waals surface area contributed by atoms with Crippen molar-refractivity contribution < 1.29 is 14.3 Å². The molecular formula is C23H17ClN4O3S. The third kappa shape index (κ3) is 5.75. The van der Waals surface area contributed by atoms with Crippen LogP contribution in [0.25, 0.3) is 11.0 Å². The zero-order valence-electron chi connectivity index (χ0n) is 16.6. The van der Waals surface area contributed by atoms with Crippen molar-refractivity contribution in [1.82, 2.24) is 15.4 Å². The van der Waals surface area contributed by atoms with Crippen LogP contribution in [0.15, 0.2) is 83.1 Å². The summed E-state index contributed by atoms with van der Waals surface area (Å²) in [5.41, 5.74) is 5.36. The summed E-state index contributed by atoms with van der Waals surface area (Å²) < 4.78 is 5.33. The van der Waals surface area contributed by atoms with Gasteiger partial charge in [-0.25, -0.2) is 15.2 Å². The fourth-order valence-electron chi connectivity index (χ4n) is 2.75. The first-order valence-corrected chi connectivity index (χ1v) is 10.9. The lowest BCUT2D eigenvalue weighted by molar-refractivity contribution is -0.118. The quantitative estimate of drug-likeness (QED) is 0.136. The number of para-hydroxylation sites is 2. The zero-order chi connectivity index (χ0) is 22.3. The second kappa shape index (κ2) is 10.1. The Morgan fingerprint density at radius 3 is 2.69 bits per heavy atom. The Bertz CT molecular complexity index is 1250. The number of amides is 1. The first-order chi connectivity index (χ1) is 15.6. The molecule has 1 heterocycles. The van der Waals surface area contributed by atoms with Gasteiger partial charge in [-0.1, -0.05) is 41.6 Å². The number of imidazole rings is 1. The number of benzene rings is 3. The molecule has 0 atom stereocenters. The molecule has 0 aliphatic carbocycles. The molecule has 0 saturated carbocycles. The van der Waals surface area contributed by atoms with Crippen LogP contribution in [-0.4, -0.2) is 33.8 Å². The number of thioether (sulfide) groups is 1. The Morgan fingerprint density at radius 1 is 1.09 bits per heavy atom. The highest BCUT2D eigenvalue weighted by atomic mass is 35.5. The molecule has 0 saturated heterocycles. The van der Waals surface area contributed by atoms with E-state index >= 15 is 0 Å². The maximum atomic E-state index is 12.1. The molecule has 3 aromatic carbocycles. The van der Waals surface area contributed by atoms with Gasteiger partial charge in [0.25, 0.3) is 5.91 Å². The fourth-order valence-corrected chi connectivity index (χ4v) is 3.61. The van der Waals surface area contributed by atoms with Gasteiger partial charge in [-0.2, -0.15) is 5.10 Å². The number of ether oxygens (including phenoxy) is 1. The number of hydrazone groups is 1. The van der Waals surface area contributed by atoms with Crippen molar-refractivity contribution in [2.45, 2.75) is 5.16 Å². The van der Waals surface area contributed by atoms with E-state index in [1.807, 2.05) is 24.3 Å². The lowest BCUT2D eigenvalue weighted by Gasteiger charge is -2.05. The van der Waals surface area contributed by atoms with Gasteiger partial charge in [-0.05, 0) is 60.2 Å². The number of aromatic amines is 1. The minimum atomic E-state index is -0.497. The molecule has 0 unspecified atom stereocenters. The average Bonchev–Trinajstić information content (AvgIpc) is 3.22. The van der Waals surface area contributed by atoms with E-state index in [1.54, 1.807) is 48.5 Å². The van der Waals surface area contributed by atoms with Crippen LogP contribution in [0.1, 0.15) is 15.9 Å². The van der Waals surface area contributed by atoms with E-state index in [0.717, 1.165) is 16.6 Å². The van der Waals surface area contributed by atoms with Gasteiger partial charge < -0.3 is 9.72 Å². The van der Waals surface area contributed by atoms with Crippen LogP contribution in [0.3, 0.4) is 0 Å². The highest BCUT2D eigenvalue weighted by molar-refractivity contribution is 7.99. The summed E-state index contributed by atoms with van der Waals surface area (Å²) in [5, 5.41) is 5.09. The maximum Gasteiger partial charge on any atom is 0.343 e. The maximum absolute atomic E-state index is 12.1. The number of nitrogens with zero attached hydrogens (tertiary/aromatic N) is 2. The fraction of sp³-hybridized carbons (Fsp3) is 0.0435. The van der Waals surface area contributed by atoms with E-state index < -0.39 is 5.97 Å². The van der Waals surface area contributed by atoms with Crippen molar-refractivity contribution in [1.29, 1.82) is 0 Å². The van der Waals surface area contributed by atoms with Crippen LogP contribution in [-0.2, 0) is 4.79 Å². The van der Waals surface area contributed by atoms with Crippen molar-refractivity contribution in [2.24, 2.45) is 5.10 Å². The lowest BCUT2D eigenvalue weighted by atomic mass is 10.2. The molecule has 1 amide bonds. The first kappa shape index (κ1) is 21.6. The highest BCUT2D eigenvalue weighted by Crippen LogP contribution is 2.19. The third-order valence-corrected chi connectivity index (χ3v) is 5.37. The first-order valence-electron chi connectivity index (χ1n) is 9.54. The molecule has 7 nitrogen and oxygen atoms in total. The number of fused-ring (bicyclic) bond motifs is 1. The minimum absolute atomic E-state index is 0.176. The zero-order valence-corrected chi connectivity index (χ0v) is 18.2. The van der Waals surface area contributed by atoms with Gasteiger partial charge in [-0.3, -0.25) is 4.79 Å². The average molecular weight is 465 g/mol. The number of esters is 1. The largest absolute Gasteiger partial charge is 0.423 e. The molecule has 160 valence electrons. The summed E-state index contributed by atoms with van der Waals surface area (Å²) in [4.78, 5) is 31.7. The topological polar surface area (TPSA) is 96.4 Å². The van der Waals surface area contributed by atoms with Crippen LogP contribution in [0.4, 0.5) is 0 Å². The predicted octanol–water partition coefficient (Wildman–Crippen LogP) is 4.68. The number of rotatable bonds is 7. The molecule has 0 aliphatic rings. The third-order valence-electron chi connectivity index (χ3n) is 4.26. The van der Waals surface area contributed by atoms with E-state index in [9.17, 15) is 9.59 Å². The van der Waals surface area contributed by atoms with Gasteiger partial charge >= 0.3 is 5.97 Å². The van der Waals surface area contributed by atoms with Gasteiger partial charge in [0, 0.05) is 5.02 Å². The van der Waals surface area contributed by atoms with Crippen molar-refractivity contribution in [2.75, 3.05) is 5.75 Å². The number of nitrogens with one attached hydrogen (secondary N) is 2. The van der Waals surface area contributed by atoms with Gasteiger partial charge in [0.1, 0.15) is 5.75 Å². The summed E-state index contributed by atoms with van der Waals surface area (Å²) >= 11 is 7.19. The highest BCUT2D eigenvalue weighted by Gasteiger charge is 2.09. The van der Waals surface area contributed by atoms with Gasteiger partial charge in [0.05, 0.1) is 28.6 Å². The van der Waals surface area contributed by atoms with E-state index in [-0.39, 0.29) is 11.7 Å².